The van der Waals surface area contributed by atoms with Gasteiger partial charge in [0.2, 0.25) is 11.8 Å². The minimum absolute atomic E-state index is 0.234. The molecule has 0 aliphatic carbocycles. The molecule has 0 aliphatic rings. The van der Waals surface area contributed by atoms with E-state index in [1.54, 1.807) is 37.4 Å². The summed E-state index contributed by atoms with van der Waals surface area (Å²) in [6.45, 7) is 4.87. The Labute approximate surface area is 176 Å². The molecule has 0 spiro atoms. The van der Waals surface area contributed by atoms with Crippen molar-refractivity contribution in [3.05, 3.63) is 59.5 Å². The van der Waals surface area contributed by atoms with Gasteiger partial charge in [0.15, 0.2) is 0 Å². The molecule has 162 valence electrons. The molecule has 0 fully saturated rings. The van der Waals surface area contributed by atoms with Crippen LogP contribution in [0.3, 0.4) is 0 Å². The van der Waals surface area contributed by atoms with Crippen molar-refractivity contribution >= 4 is 17.6 Å². The van der Waals surface area contributed by atoms with Crippen LogP contribution in [0.15, 0.2) is 42.6 Å². The minimum atomic E-state index is -0.790. The number of nitrogens with one attached hydrogen (secondary N) is 2. The molecule has 0 unspecified atom stereocenters. The number of amides is 2. The normalized spacial score (nSPS) is 13.0. The fraction of sp³-hybridized carbons (Fsp3) is 0.409. The van der Waals surface area contributed by atoms with E-state index >= 15 is 0 Å². The van der Waals surface area contributed by atoms with Crippen LogP contribution in [0.25, 0.3) is 0 Å². The van der Waals surface area contributed by atoms with Crippen molar-refractivity contribution in [2.75, 3.05) is 19.3 Å². The van der Waals surface area contributed by atoms with Gasteiger partial charge in [-0.1, -0.05) is 25.1 Å². The minimum Gasteiger partial charge on any atom is -0.384 e. The average molecular weight is 416 g/mol. The molecule has 0 bridgehead atoms. The molecule has 0 saturated carbocycles. The van der Waals surface area contributed by atoms with E-state index in [9.17, 15) is 14.0 Å². The maximum Gasteiger partial charge on any atom is 0.243 e. The molecule has 0 radical (unpaired) electrons. The van der Waals surface area contributed by atoms with Gasteiger partial charge in [-0.05, 0) is 56.3 Å². The quantitative estimate of drug-likeness (QED) is 0.550. The largest absolute Gasteiger partial charge is 0.384 e. The Morgan fingerprint density at radius 3 is 2.40 bits per heavy atom. The Hall–Kier alpha value is -3.00. The second kappa shape index (κ2) is 11.3. The first-order valence-corrected chi connectivity index (χ1v) is 10.0. The maximum absolute atomic E-state index is 13.2. The lowest BCUT2D eigenvalue weighted by Crippen LogP contribution is -2.53. The van der Waals surface area contributed by atoms with Gasteiger partial charge >= 0.3 is 0 Å². The molecular formula is C22H30FN5O2. The molecule has 1 aromatic carbocycles. The molecule has 2 amide bonds. The highest BCUT2D eigenvalue weighted by atomic mass is 19.1. The van der Waals surface area contributed by atoms with Crippen molar-refractivity contribution in [3.8, 4) is 0 Å². The molecule has 2 atom stereocenters. The van der Waals surface area contributed by atoms with Crippen LogP contribution in [-0.4, -0.2) is 47.4 Å². The fourth-order valence-corrected chi connectivity index (χ4v) is 2.96. The van der Waals surface area contributed by atoms with Crippen LogP contribution < -0.4 is 16.4 Å². The molecule has 0 aliphatic heterocycles. The monoisotopic (exact) mass is 415 g/mol. The molecular weight excluding hydrogens is 385 g/mol. The van der Waals surface area contributed by atoms with Crippen LogP contribution in [0.2, 0.25) is 0 Å². The number of carbonyl (C=O) groups excluding carboxylic acids is 2. The summed E-state index contributed by atoms with van der Waals surface area (Å²) >= 11 is 0. The molecule has 7 nitrogen and oxygen atoms in total. The third-order valence-electron chi connectivity index (χ3n) is 4.92. The first kappa shape index (κ1) is 23.3. The van der Waals surface area contributed by atoms with Gasteiger partial charge < -0.3 is 16.4 Å². The molecule has 1 heterocycles. The van der Waals surface area contributed by atoms with E-state index in [4.69, 9.17) is 5.73 Å². The van der Waals surface area contributed by atoms with Crippen molar-refractivity contribution < 1.29 is 14.0 Å². The summed E-state index contributed by atoms with van der Waals surface area (Å²) in [7, 11) is 1.87. The Bertz CT molecular complexity index is 826. The van der Waals surface area contributed by atoms with Gasteiger partial charge in [-0.3, -0.25) is 14.5 Å². The summed E-state index contributed by atoms with van der Waals surface area (Å²) in [5.74, 6) is -0.511. The first-order valence-electron chi connectivity index (χ1n) is 10.0. The van der Waals surface area contributed by atoms with Gasteiger partial charge in [-0.25, -0.2) is 9.37 Å². The Morgan fingerprint density at radius 1 is 1.13 bits per heavy atom. The van der Waals surface area contributed by atoms with E-state index in [2.05, 4.69) is 15.6 Å². The summed E-state index contributed by atoms with van der Waals surface area (Å²) < 4.78 is 13.2. The van der Waals surface area contributed by atoms with Crippen LogP contribution in [0.5, 0.6) is 0 Å². The molecule has 0 saturated heterocycles. The van der Waals surface area contributed by atoms with Crippen molar-refractivity contribution in [2.45, 2.75) is 45.3 Å². The van der Waals surface area contributed by atoms with Gasteiger partial charge in [0.05, 0.1) is 6.04 Å². The predicted octanol–water partition coefficient (Wildman–Crippen LogP) is 1.88. The lowest BCUT2D eigenvalue weighted by atomic mass is 10.0. The lowest BCUT2D eigenvalue weighted by molar-refractivity contribution is -0.131. The topological polar surface area (TPSA) is 100 Å². The molecule has 4 N–H and O–H groups in total. The van der Waals surface area contributed by atoms with Gasteiger partial charge in [0.25, 0.3) is 0 Å². The molecule has 2 aromatic rings. The lowest BCUT2D eigenvalue weighted by Gasteiger charge is -2.26. The van der Waals surface area contributed by atoms with Crippen LogP contribution in [0, 0.1) is 5.82 Å². The van der Waals surface area contributed by atoms with Gasteiger partial charge in [0, 0.05) is 19.2 Å². The number of likely N-dealkylation sites (N-methyl/N-ethyl adjacent to an activating group) is 1. The SMILES string of the molecule is CCCN(C)[C@@H](C)C(=O)N[C@@H](Cc1ccc(F)cc1)C(=O)NCc1ccc(N)nc1. The van der Waals surface area contributed by atoms with E-state index in [1.165, 1.54) is 12.1 Å². The van der Waals surface area contributed by atoms with Crippen molar-refractivity contribution in [1.29, 1.82) is 0 Å². The standard InChI is InChI=1S/C22H30FN5O2/c1-4-11-28(3)15(2)21(29)27-19(12-16-5-8-18(23)9-6-16)22(30)26-14-17-7-10-20(24)25-13-17/h5-10,13,15,19H,4,11-12,14H2,1-3H3,(H2,24,25)(H,26,30)(H,27,29)/t15-,19-/m0/s1. The zero-order chi connectivity index (χ0) is 22.1. The third kappa shape index (κ3) is 7.11. The predicted molar refractivity (Wildman–Crippen MR) is 115 cm³/mol. The summed E-state index contributed by atoms with van der Waals surface area (Å²) in [4.78, 5) is 31.5. The number of nitrogens with two attached hydrogens (primary N) is 1. The Balaban J connectivity index is 2.08. The molecule has 2 rings (SSSR count). The molecule has 8 heteroatoms. The van der Waals surface area contributed by atoms with E-state index in [-0.39, 0.29) is 36.6 Å². The number of hydrogen-bond donors (Lipinski definition) is 3. The van der Waals surface area contributed by atoms with Gasteiger partial charge in [-0.15, -0.1) is 0 Å². The van der Waals surface area contributed by atoms with Crippen molar-refractivity contribution in [3.63, 3.8) is 0 Å². The van der Waals surface area contributed by atoms with Crippen LogP contribution >= 0.6 is 0 Å². The second-order valence-corrected chi connectivity index (χ2v) is 7.36. The van der Waals surface area contributed by atoms with Crippen LogP contribution in [0.4, 0.5) is 10.2 Å². The highest BCUT2D eigenvalue weighted by Crippen LogP contribution is 2.08. The number of benzene rings is 1. The number of aromatic nitrogens is 1. The summed E-state index contributed by atoms with van der Waals surface area (Å²) in [5.41, 5.74) is 7.12. The number of pyridine rings is 1. The Kier molecular flexibility index (Phi) is 8.73. The average Bonchev–Trinajstić information content (AvgIpc) is 2.73. The Morgan fingerprint density at radius 2 is 1.80 bits per heavy atom. The number of hydrogen-bond acceptors (Lipinski definition) is 5. The molecule has 1 aromatic heterocycles. The van der Waals surface area contributed by atoms with E-state index in [0.29, 0.717) is 5.82 Å². The zero-order valence-electron chi connectivity index (χ0n) is 17.7. The highest BCUT2D eigenvalue weighted by Gasteiger charge is 2.25. The third-order valence-corrected chi connectivity index (χ3v) is 4.92. The number of rotatable bonds is 10. The van der Waals surface area contributed by atoms with Gasteiger partial charge in [0.1, 0.15) is 17.7 Å². The smallest absolute Gasteiger partial charge is 0.243 e. The number of anilines is 1. The van der Waals surface area contributed by atoms with Gasteiger partial charge in [-0.2, -0.15) is 0 Å². The number of nitrogens with zero attached hydrogens (tertiary/aromatic N) is 2. The fourth-order valence-electron chi connectivity index (χ4n) is 2.96. The first-order chi connectivity index (χ1) is 14.3. The van der Waals surface area contributed by atoms with Crippen LogP contribution in [0.1, 0.15) is 31.4 Å². The number of halogens is 1. The zero-order valence-corrected chi connectivity index (χ0v) is 17.7. The van der Waals surface area contributed by atoms with E-state index in [1.807, 2.05) is 18.9 Å². The van der Waals surface area contributed by atoms with E-state index in [0.717, 1.165) is 24.1 Å². The van der Waals surface area contributed by atoms with Crippen molar-refractivity contribution in [1.82, 2.24) is 20.5 Å². The summed E-state index contributed by atoms with van der Waals surface area (Å²) in [6.07, 6.45) is 2.76. The number of carbonyl (C=O) groups is 2. The summed E-state index contributed by atoms with van der Waals surface area (Å²) in [5, 5.41) is 5.67. The number of nitrogen functional groups attached to an aromatic ring is 1. The summed E-state index contributed by atoms with van der Waals surface area (Å²) in [6, 6.07) is 8.16. The van der Waals surface area contributed by atoms with Crippen molar-refractivity contribution in [2.24, 2.45) is 0 Å². The highest BCUT2D eigenvalue weighted by molar-refractivity contribution is 5.89. The molecule has 30 heavy (non-hydrogen) atoms. The second-order valence-electron chi connectivity index (χ2n) is 7.36. The van der Waals surface area contributed by atoms with Crippen LogP contribution in [-0.2, 0) is 22.6 Å². The van der Waals surface area contributed by atoms with E-state index < -0.39 is 6.04 Å². The maximum atomic E-state index is 13.2.